The monoisotopic (exact) mass is 449 g/mol. The van der Waals surface area contributed by atoms with Crippen LogP contribution in [0.3, 0.4) is 0 Å². The predicted octanol–water partition coefficient (Wildman–Crippen LogP) is 1.97. The van der Waals surface area contributed by atoms with Crippen LogP contribution in [0.5, 0.6) is 0 Å². The quantitative estimate of drug-likeness (QED) is 0.609. The van der Waals surface area contributed by atoms with E-state index in [2.05, 4.69) is 20.9 Å². The van der Waals surface area contributed by atoms with Gasteiger partial charge in [-0.25, -0.2) is 4.79 Å². The molecular weight excluding hydrogens is 422 g/mol. The van der Waals surface area contributed by atoms with Gasteiger partial charge in [-0.15, -0.1) is 0 Å². The SMILES string of the molecule is CC1=N[C@H]2C=CC=C(CNC(=O)Nc3ccc(C)c(C)c3)C2C(=O)N1C1CCC(=O)NC1=O. The number of rotatable bonds is 4. The van der Waals surface area contributed by atoms with Gasteiger partial charge in [0.2, 0.25) is 17.7 Å². The first-order valence-corrected chi connectivity index (χ1v) is 10.9. The molecule has 2 heterocycles. The number of carbonyl (C=O) groups excluding carboxylic acids is 4. The molecule has 3 aliphatic rings. The third kappa shape index (κ3) is 4.57. The van der Waals surface area contributed by atoms with Crippen LogP contribution in [0.4, 0.5) is 10.5 Å². The number of piperidine rings is 1. The molecule has 0 radical (unpaired) electrons. The Morgan fingerprint density at radius 3 is 2.70 bits per heavy atom. The molecule has 1 fully saturated rings. The Kier molecular flexibility index (Phi) is 6.13. The van der Waals surface area contributed by atoms with E-state index in [-0.39, 0.29) is 37.2 Å². The van der Waals surface area contributed by atoms with Crippen molar-refractivity contribution in [2.24, 2.45) is 10.9 Å². The van der Waals surface area contributed by atoms with Gasteiger partial charge in [0.15, 0.2) is 0 Å². The van der Waals surface area contributed by atoms with Crippen LogP contribution in [0.1, 0.15) is 30.9 Å². The Morgan fingerprint density at radius 2 is 1.97 bits per heavy atom. The Bertz CT molecular complexity index is 1120. The predicted molar refractivity (Wildman–Crippen MR) is 124 cm³/mol. The van der Waals surface area contributed by atoms with Gasteiger partial charge >= 0.3 is 6.03 Å². The maximum Gasteiger partial charge on any atom is 0.319 e. The summed E-state index contributed by atoms with van der Waals surface area (Å²) in [5.74, 6) is -1.26. The molecule has 0 saturated carbocycles. The molecule has 33 heavy (non-hydrogen) atoms. The van der Waals surface area contributed by atoms with Gasteiger partial charge < -0.3 is 10.6 Å². The van der Waals surface area contributed by atoms with Crippen molar-refractivity contribution in [3.8, 4) is 0 Å². The molecule has 3 atom stereocenters. The fraction of sp³-hybridized carbons (Fsp3) is 0.375. The van der Waals surface area contributed by atoms with Gasteiger partial charge in [-0.2, -0.15) is 0 Å². The number of nitrogens with one attached hydrogen (secondary N) is 3. The molecule has 9 nitrogen and oxygen atoms in total. The van der Waals surface area contributed by atoms with E-state index in [9.17, 15) is 19.2 Å². The van der Waals surface area contributed by atoms with Gasteiger partial charge in [0.05, 0.1) is 12.0 Å². The summed E-state index contributed by atoms with van der Waals surface area (Å²) >= 11 is 0. The fourth-order valence-corrected chi connectivity index (χ4v) is 4.39. The molecule has 1 aliphatic carbocycles. The Labute approximate surface area is 192 Å². The highest BCUT2D eigenvalue weighted by Gasteiger charge is 2.44. The summed E-state index contributed by atoms with van der Waals surface area (Å²) in [5, 5.41) is 7.92. The third-order valence-corrected chi connectivity index (χ3v) is 6.29. The molecule has 3 N–H and O–H groups in total. The van der Waals surface area contributed by atoms with Crippen molar-refractivity contribution in [3.63, 3.8) is 0 Å². The van der Waals surface area contributed by atoms with E-state index in [0.717, 1.165) is 11.1 Å². The second-order valence-corrected chi connectivity index (χ2v) is 8.55. The van der Waals surface area contributed by atoms with Crippen LogP contribution in [0.25, 0.3) is 0 Å². The minimum Gasteiger partial charge on any atom is -0.334 e. The van der Waals surface area contributed by atoms with Gasteiger partial charge in [-0.1, -0.05) is 24.3 Å². The number of anilines is 1. The van der Waals surface area contributed by atoms with Crippen LogP contribution in [0.2, 0.25) is 0 Å². The van der Waals surface area contributed by atoms with E-state index >= 15 is 0 Å². The summed E-state index contributed by atoms with van der Waals surface area (Å²) in [6.07, 6.45) is 5.89. The molecule has 0 aromatic heterocycles. The van der Waals surface area contributed by atoms with Gasteiger partial charge in [0, 0.05) is 18.7 Å². The third-order valence-electron chi connectivity index (χ3n) is 6.29. The number of carbonyl (C=O) groups is 4. The first-order valence-electron chi connectivity index (χ1n) is 10.9. The largest absolute Gasteiger partial charge is 0.334 e. The van der Waals surface area contributed by atoms with Crippen molar-refractivity contribution >= 4 is 35.3 Å². The molecule has 1 saturated heterocycles. The van der Waals surface area contributed by atoms with Gasteiger partial charge in [0.25, 0.3) is 0 Å². The Balaban J connectivity index is 1.46. The fourth-order valence-electron chi connectivity index (χ4n) is 4.39. The van der Waals surface area contributed by atoms with E-state index < -0.39 is 23.9 Å². The summed E-state index contributed by atoms with van der Waals surface area (Å²) < 4.78 is 0. The van der Waals surface area contributed by atoms with E-state index in [1.807, 2.05) is 44.2 Å². The topological polar surface area (TPSA) is 120 Å². The molecule has 4 rings (SSSR count). The Hall–Kier alpha value is -3.75. The minimum atomic E-state index is -0.770. The lowest BCUT2D eigenvalue weighted by atomic mass is 9.84. The normalized spacial score (nSPS) is 24.5. The number of nitrogens with zero attached hydrogens (tertiary/aromatic N) is 2. The number of allylic oxidation sites excluding steroid dienone is 2. The van der Waals surface area contributed by atoms with E-state index in [1.54, 1.807) is 13.0 Å². The summed E-state index contributed by atoms with van der Waals surface area (Å²) in [6, 6.07) is 4.12. The lowest BCUT2D eigenvalue weighted by Crippen LogP contribution is -2.60. The lowest BCUT2D eigenvalue weighted by molar-refractivity contribution is -0.144. The first kappa shape index (κ1) is 22.4. The van der Waals surface area contributed by atoms with E-state index in [0.29, 0.717) is 17.1 Å². The maximum atomic E-state index is 13.5. The highest BCUT2D eigenvalue weighted by Crippen LogP contribution is 2.31. The number of urea groups is 1. The van der Waals surface area contributed by atoms with Crippen molar-refractivity contribution in [2.45, 2.75) is 45.7 Å². The minimum absolute atomic E-state index is 0.158. The van der Waals surface area contributed by atoms with Crippen LogP contribution in [0, 0.1) is 19.8 Å². The van der Waals surface area contributed by atoms with Crippen molar-refractivity contribution in [2.75, 3.05) is 11.9 Å². The average molecular weight is 450 g/mol. The number of aryl methyl sites for hydroxylation is 2. The zero-order valence-electron chi connectivity index (χ0n) is 18.8. The first-order chi connectivity index (χ1) is 15.7. The van der Waals surface area contributed by atoms with Crippen molar-refractivity contribution < 1.29 is 19.2 Å². The average Bonchev–Trinajstić information content (AvgIpc) is 2.76. The zero-order valence-corrected chi connectivity index (χ0v) is 18.8. The van der Waals surface area contributed by atoms with Crippen molar-refractivity contribution in [1.82, 2.24) is 15.5 Å². The van der Waals surface area contributed by atoms with E-state index in [4.69, 9.17) is 0 Å². The standard InChI is InChI=1S/C24H27N5O4/c1-13-7-8-17(11-14(13)2)27-24(33)25-12-16-5-4-6-18-21(16)23(32)29(15(3)26-18)19-9-10-20(30)28-22(19)31/h4-8,11,18-19,21H,9-10,12H2,1-3H3,(H2,25,27,33)(H,28,30,31)/t18-,19?,21?/m0/s1. The number of amides is 5. The van der Waals surface area contributed by atoms with Crippen molar-refractivity contribution in [3.05, 3.63) is 53.1 Å². The number of amidine groups is 1. The molecule has 1 aromatic carbocycles. The molecule has 172 valence electrons. The second-order valence-electron chi connectivity index (χ2n) is 8.55. The maximum absolute atomic E-state index is 13.5. The molecule has 0 spiro atoms. The number of aliphatic imine (C=N–C) groups is 1. The number of hydrogen-bond acceptors (Lipinski definition) is 5. The number of fused-ring (bicyclic) bond motifs is 1. The highest BCUT2D eigenvalue weighted by molar-refractivity contribution is 6.09. The molecule has 5 amide bonds. The van der Waals surface area contributed by atoms with Crippen LogP contribution in [-0.2, 0) is 14.4 Å². The zero-order chi connectivity index (χ0) is 23.7. The van der Waals surface area contributed by atoms with Gasteiger partial charge in [-0.05, 0) is 56.0 Å². The second kappa shape index (κ2) is 9.01. The number of hydrogen-bond donors (Lipinski definition) is 3. The molecule has 9 heteroatoms. The lowest BCUT2D eigenvalue weighted by Gasteiger charge is -2.41. The number of benzene rings is 1. The van der Waals surface area contributed by atoms with Gasteiger partial charge in [0.1, 0.15) is 11.9 Å². The number of imide groups is 1. The highest BCUT2D eigenvalue weighted by atomic mass is 16.2. The molecule has 2 aliphatic heterocycles. The molecular formula is C24H27N5O4. The Morgan fingerprint density at radius 1 is 1.18 bits per heavy atom. The molecule has 0 bridgehead atoms. The van der Waals surface area contributed by atoms with Crippen LogP contribution < -0.4 is 16.0 Å². The van der Waals surface area contributed by atoms with Gasteiger partial charge in [-0.3, -0.25) is 29.6 Å². The van der Waals surface area contributed by atoms with E-state index in [1.165, 1.54) is 4.90 Å². The summed E-state index contributed by atoms with van der Waals surface area (Å²) in [7, 11) is 0. The van der Waals surface area contributed by atoms with Crippen LogP contribution in [-0.4, -0.2) is 53.1 Å². The molecule has 1 aromatic rings. The summed E-state index contributed by atoms with van der Waals surface area (Å²) in [5.41, 5.74) is 3.60. The smallest absolute Gasteiger partial charge is 0.319 e. The molecule has 2 unspecified atom stereocenters. The van der Waals surface area contributed by atoms with Crippen LogP contribution in [0.15, 0.2) is 47.0 Å². The van der Waals surface area contributed by atoms with Crippen LogP contribution >= 0.6 is 0 Å². The summed E-state index contributed by atoms with van der Waals surface area (Å²) in [6.45, 7) is 5.83. The summed E-state index contributed by atoms with van der Waals surface area (Å²) in [4.78, 5) is 55.9. The van der Waals surface area contributed by atoms with Crippen molar-refractivity contribution in [1.29, 1.82) is 0 Å².